The molecule has 0 bridgehead atoms. The summed E-state index contributed by atoms with van der Waals surface area (Å²) in [7, 11) is 0. The molecule has 0 aromatic heterocycles. The minimum Gasteiger partial charge on any atom is -0.320 e. The van der Waals surface area contributed by atoms with E-state index in [1.54, 1.807) is 25.1 Å². The van der Waals surface area contributed by atoms with E-state index in [2.05, 4.69) is 0 Å². The first kappa shape index (κ1) is 15.8. The van der Waals surface area contributed by atoms with E-state index in [1.807, 2.05) is 0 Å². The van der Waals surface area contributed by atoms with Crippen molar-refractivity contribution < 1.29 is 17.6 Å². The maximum absolute atomic E-state index is 13.6. The van der Waals surface area contributed by atoms with Gasteiger partial charge in [-0.05, 0) is 35.7 Å². The maximum Gasteiger partial charge on any atom is 0.419 e. The number of rotatable bonds is 2. The molecule has 2 aromatic carbocycles. The molecule has 0 saturated heterocycles. The predicted octanol–water partition coefficient (Wildman–Crippen LogP) is 4.85. The first-order chi connectivity index (χ1) is 9.71. The molecule has 0 fully saturated rings. The molecule has 0 radical (unpaired) electrons. The fraction of sp³-hybridized carbons (Fsp3) is 0.200. The third-order valence-corrected chi connectivity index (χ3v) is 3.73. The lowest BCUT2D eigenvalue weighted by Crippen LogP contribution is -2.15. The third-order valence-electron chi connectivity index (χ3n) is 3.21. The monoisotopic (exact) mass is 317 g/mol. The summed E-state index contributed by atoms with van der Waals surface area (Å²) in [5.41, 5.74) is 6.23. The minimum absolute atomic E-state index is 0.230. The van der Waals surface area contributed by atoms with Crippen molar-refractivity contribution in [3.8, 4) is 0 Å². The van der Waals surface area contributed by atoms with Crippen molar-refractivity contribution >= 4 is 11.6 Å². The van der Waals surface area contributed by atoms with Gasteiger partial charge in [0, 0.05) is 5.02 Å². The average Bonchev–Trinajstić information content (AvgIpc) is 2.39. The molecule has 0 aliphatic carbocycles. The molecular weight excluding hydrogens is 306 g/mol. The van der Waals surface area contributed by atoms with Crippen LogP contribution in [0, 0.1) is 12.7 Å². The lowest BCUT2D eigenvalue weighted by atomic mass is 9.97. The van der Waals surface area contributed by atoms with Crippen LogP contribution in [0.2, 0.25) is 5.02 Å². The normalized spacial score (nSPS) is 13.3. The molecule has 1 unspecified atom stereocenters. The number of benzene rings is 2. The lowest BCUT2D eigenvalue weighted by molar-refractivity contribution is -0.140. The van der Waals surface area contributed by atoms with E-state index in [1.165, 1.54) is 0 Å². The van der Waals surface area contributed by atoms with Crippen molar-refractivity contribution in [2.75, 3.05) is 0 Å². The van der Waals surface area contributed by atoms with Crippen molar-refractivity contribution in [1.82, 2.24) is 0 Å². The summed E-state index contributed by atoms with van der Waals surface area (Å²) in [5.74, 6) is -1.35. The first-order valence-corrected chi connectivity index (χ1v) is 6.47. The summed E-state index contributed by atoms with van der Waals surface area (Å²) in [6, 6.07) is 7.03. The summed E-state index contributed by atoms with van der Waals surface area (Å²) < 4.78 is 51.2. The zero-order valence-electron chi connectivity index (χ0n) is 11.0. The van der Waals surface area contributed by atoms with Crippen LogP contribution in [0.4, 0.5) is 17.6 Å². The van der Waals surface area contributed by atoms with E-state index in [9.17, 15) is 17.6 Å². The van der Waals surface area contributed by atoms with Crippen molar-refractivity contribution in [3.63, 3.8) is 0 Å². The second-order valence-electron chi connectivity index (χ2n) is 4.69. The molecule has 6 heteroatoms. The van der Waals surface area contributed by atoms with Gasteiger partial charge in [0.05, 0.1) is 11.6 Å². The molecule has 2 aromatic rings. The molecule has 2 rings (SSSR count). The number of halogens is 5. The van der Waals surface area contributed by atoms with E-state index in [0.717, 1.165) is 17.7 Å². The molecule has 0 aliphatic rings. The summed E-state index contributed by atoms with van der Waals surface area (Å²) >= 11 is 6.13. The first-order valence-electron chi connectivity index (χ1n) is 6.09. The minimum atomic E-state index is -4.73. The molecule has 21 heavy (non-hydrogen) atoms. The zero-order chi connectivity index (χ0) is 15.8. The Hall–Kier alpha value is -1.59. The van der Waals surface area contributed by atoms with Gasteiger partial charge in [-0.3, -0.25) is 0 Å². The van der Waals surface area contributed by atoms with Gasteiger partial charge < -0.3 is 5.73 Å². The van der Waals surface area contributed by atoms with E-state index >= 15 is 0 Å². The van der Waals surface area contributed by atoms with Gasteiger partial charge in [-0.15, -0.1) is 0 Å². The van der Waals surface area contributed by atoms with Crippen LogP contribution in [-0.4, -0.2) is 0 Å². The molecule has 0 spiro atoms. The smallest absolute Gasteiger partial charge is 0.320 e. The van der Waals surface area contributed by atoms with Gasteiger partial charge in [0.25, 0.3) is 0 Å². The molecule has 1 nitrogen and oxygen atoms in total. The highest BCUT2D eigenvalue weighted by Gasteiger charge is 2.34. The quantitative estimate of drug-likeness (QED) is 0.787. The Morgan fingerprint density at radius 1 is 1.14 bits per heavy atom. The van der Waals surface area contributed by atoms with Gasteiger partial charge in [-0.2, -0.15) is 13.2 Å². The third kappa shape index (κ3) is 3.19. The highest BCUT2D eigenvalue weighted by atomic mass is 35.5. The Morgan fingerprint density at radius 2 is 1.81 bits per heavy atom. The molecule has 112 valence electrons. The molecule has 0 amide bonds. The average molecular weight is 318 g/mol. The highest BCUT2D eigenvalue weighted by molar-refractivity contribution is 6.32. The van der Waals surface area contributed by atoms with Crippen LogP contribution in [0.5, 0.6) is 0 Å². The predicted molar refractivity (Wildman–Crippen MR) is 73.6 cm³/mol. The highest BCUT2D eigenvalue weighted by Crippen LogP contribution is 2.34. The Balaban J connectivity index is 2.43. The summed E-state index contributed by atoms with van der Waals surface area (Å²) in [6.07, 6.45) is -4.73. The van der Waals surface area contributed by atoms with Crippen molar-refractivity contribution in [1.29, 1.82) is 0 Å². The summed E-state index contributed by atoms with van der Waals surface area (Å²) in [5, 5.41) is 0.422. The van der Waals surface area contributed by atoms with Crippen LogP contribution in [0.15, 0.2) is 36.4 Å². The molecular formula is C15H12ClF4N. The van der Waals surface area contributed by atoms with Crippen molar-refractivity contribution in [2.24, 2.45) is 5.73 Å². The number of nitrogens with two attached hydrogens (primary N) is 1. The fourth-order valence-electron chi connectivity index (χ4n) is 2.04. The summed E-state index contributed by atoms with van der Waals surface area (Å²) in [6.45, 7) is 1.78. The van der Waals surface area contributed by atoms with Crippen LogP contribution in [0.3, 0.4) is 0 Å². The number of hydrogen-bond donors (Lipinski definition) is 1. The van der Waals surface area contributed by atoms with Crippen molar-refractivity contribution in [2.45, 2.75) is 19.1 Å². The topological polar surface area (TPSA) is 26.0 Å². The SMILES string of the molecule is Cc1cccc(C(N)c2ccc(C(F)(F)F)c(F)c2)c1Cl. The van der Waals surface area contributed by atoms with Gasteiger partial charge in [0.1, 0.15) is 5.82 Å². The van der Waals surface area contributed by atoms with Gasteiger partial charge >= 0.3 is 6.18 Å². The van der Waals surface area contributed by atoms with Gasteiger partial charge in [0.2, 0.25) is 0 Å². The number of aryl methyl sites for hydroxylation is 1. The Morgan fingerprint density at radius 3 is 2.38 bits per heavy atom. The van der Waals surface area contributed by atoms with Crippen LogP contribution in [0.25, 0.3) is 0 Å². The van der Waals surface area contributed by atoms with Crippen molar-refractivity contribution in [3.05, 3.63) is 69.5 Å². The fourth-order valence-corrected chi connectivity index (χ4v) is 2.29. The Kier molecular flexibility index (Phi) is 4.25. The zero-order valence-corrected chi connectivity index (χ0v) is 11.8. The summed E-state index contributed by atoms with van der Waals surface area (Å²) in [4.78, 5) is 0. The van der Waals surface area contributed by atoms with Gasteiger partial charge in [-0.25, -0.2) is 4.39 Å². The molecule has 0 aliphatic heterocycles. The van der Waals surface area contributed by atoms with E-state index in [4.69, 9.17) is 17.3 Å². The van der Waals surface area contributed by atoms with Crippen LogP contribution in [-0.2, 0) is 6.18 Å². The molecule has 1 atom stereocenters. The molecule has 0 saturated carbocycles. The second-order valence-corrected chi connectivity index (χ2v) is 5.07. The largest absolute Gasteiger partial charge is 0.419 e. The standard InChI is InChI=1S/C15H12ClF4N/c1-8-3-2-4-10(13(8)16)14(21)9-5-6-11(12(17)7-9)15(18,19)20/h2-7,14H,21H2,1H3. The van der Waals surface area contributed by atoms with E-state index in [0.29, 0.717) is 16.7 Å². The Bertz CT molecular complexity index is 667. The van der Waals surface area contributed by atoms with Crippen LogP contribution < -0.4 is 5.73 Å². The lowest BCUT2D eigenvalue weighted by Gasteiger charge is -2.17. The molecule has 0 heterocycles. The number of alkyl halides is 3. The van der Waals surface area contributed by atoms with Gasteiger partial charge in [-0.1, -0.05) is 35.9 Å². The van der Waals surface area contributed by atoms with E-state index in [-0.39, 0.29) is 5.56 Å². The maximum atomic E-state index is 13.6. The molecule has 2 N–H and O–H groups in total. The second kappa shape index (κ2) is 5.66. The van der Waals surface area contributed by atoms with Crippen LogP contribution in [0.1, 0.15) is 28.3 Å². The van der Waals surface area contributed by atoms with Crippen LogP contribution >= 0.6 is 11.6 Å². The Labute approximate surface area is 124 Å². The number of hydrogen-bond acceptors (Lipinski definition) is 1. The van der Waals surface area contributed by atoms with Gasteiger partial charge in [0.15, 0.2) is 0 Å². The van der Waals surface area contributed by atoms with E-state index < -0.39 is 23.6 Å².